The quantitative estimate of drug-likeness (QED) is 0.324. The highest BCUT2D eigenvalue weighted by Gasteiger charge is 2.09. The zero-order valence-electron chi connectivity index (χ0n) is 17.4. The van der Waals surface area contributed by atoms with E-state index in [4.69, 9.17) is 19.2 Å². The Morgan fingerprint density at radius 1 is 1.18 bits per heavy atom. The minimum absolute atomic E-state index is 0.647. The zero-order valence-corrected chi connectivity index (χ0v) is 17.4. The van der Waals surface area contributed by atoms with Crippen LogP contribution in [0.2, 0.25) is 0 Å². The predicted octanol–water partition coefficient (Wildman–Crippen LogP) is 2.59. The number of morpholine rings is 1. The van der Waals surface area contributed by atoms with Gasteiger partial charge in [0, 0.05) is 58.1 Å². The van der Waals surface area contributed by atoms with E-state index in [1.54, 1.807) is 7.11 Å². The molecule has 1 aromatic carbocycles. The van der Waals surface area contributed by atoms with E-state index in [1.807, 2.05) is 24.3 Å². The van der Waals surface area contributed by atoms with Crippen LogP contribution in [0.4, 0.5) is 5.69 Å². The van der Waals surface area contributed by atoms with Crippen molar-refractivity contribution < 1.29 is 14.2 Å². The number of unbranched alkanes of at least 4 members (excludes halogenated alkanes) is 1. The van der Waals surface area contributed by atoms with E-state index in [-0.39, 0.29) is 0 Å². The second-order valence-corrected chi connectivity index (χ2v) is 6.77. The highest BCUT2D eigenvalue weighted by Crippen LogP contribution is 2.17. The number of methoxy groups -OCH3 is 1. The van der Waals surface area contributed by atoms with Crippen molar-refractivity contribution in [1.29, 1.82) is 0 Å². The molecule has 7 heteroatoms. The molecule has 0 aliphatic carbocycles. The van der Waals surface area contributed by atoms with E-state index in [2.05, 4.69) is 22.5 Å². The van der Waals surface area contributed by atoms with Crippen molar-refractivity contribution in [3.63, 3.8) is 0 Å². The van der Waals surface area contributed by atoms with Crippen molar-refractivity contribution in [2.24, 2.45) is 4.99 Å². The molecule has 0 amide bonds. The summed E-state index contributed by atoms with van der Waals surface area (Å²) < 4.78 is 16.2. The van der Waals surface area contributed by atoms with E-state index in [0.29, 0.717) is 13.2 Å². The molecule has 1 aliphatic rings. The van der Waals surface area contributed by atoms with E-state index >= 15 is 0 Å². The smallest absolute Gasteiger partial charge is 0.195 e. The normalized spacial score (nSPS) is 15.4. The molecular weight excluding hydrogens is 356 g/mol. The predicted molar refractivity (Wildman–Crippen MR) is 115 cm³/mol. The lowest BCUT2D eigenvalue weighted by Gasteiger charge is -2.26. The van der Waals surface area contributed by atoms with Gasteiger partial charge in [0.25, 0.3) is 0 Å². The van der Waals surface area contributed by atoms with Gasteiger partial charge in [-0.1, -0.05) is 6.07 Å². The van der Waals surface area contributed by atoms with Crippen molar-refractivity contribution in [3.8, 4) is 5.75 Å². The molecule has 0 bridgehead atoms. The molecule has 0 atom stereocenters. The molecule has 158 valence electrons. The summed E-state index contributed by atoms with van der Waals surface area (Å²) in [5.74, 6) is 1.66. The number of benzene rings is 1. The van der Waals surface area contributed by atoms with E-state index in [0.717, 1.165) is 82.6 Å². The third-order valence-electron chi connectivity index (χ3n) is 4.46. The van der Waals surface area contributed by atoms with E-state index < -0.39 is 0 Å². The number of guanidine groups is 1. The van der Waals surface area contributed by atoms with Gasteiger partial charge < -0.3 is 24.8 Å². The fourth-order valence-corrected chi connectivity index (χ4v) is 2.96. The van der Waals surface area contributed by atoms with Crippen LogP contribution >= 0.6 is 0 Å². The Morgan fingerprint density at radius 2 is 2.04 bits per heavy atom. The van der Waals surface area contributed by atoms with E-state index in [1.165, 1.54) is 0 Å². The van der Waals surface area contributed by atoms with Gasteiger partial charge >= 0.3 is 0 Å². The van der Waals surface area contributed by atoms with Crippen LogP contribution < -0.4 is 15.4 Å². The number of nitrogens with zero attached hydrogens (tertiary/aromatic N) is 2. The van der Waals surface area contributed by atoms with Gasteiger partial charge in [-0.05, 0) is 38.4 Å². The maximum absolute atomic E-state index is 5.77. The SMILES string of the molecule is CCNC(=NCCCCN1CCOCC1)Nc1cccc(OCCCOC)c1. The Balaban J connectivity index is 1.74. The Kier molecular flexibility index (Phi) is 11.4. The molecule has 0 unspecified atom stereocenters. The fraction of sp³-hybridized carbons (Fsp3) is 0.667. The largest absolute Gasteiger partial charge is 0.493 e. The molecule has 1 aromatic rings. The topological polar surface area (TPSA) is 67.4 Å². The van der Waals surface area contributed by atoms with Gasteiger partial charge in [0.1, 0.15) is 5.75 Å². The minimum Gasteiger partial charge on any atom is -0.493 e. The number of anilines is 1. The molecule has 0 saturated carbocycles. The first-order chi connectivity index (χ1) is 13.8. The molecule has 1 saturated heterocycles. The van der Waals surface area contributed by atoms with E-state index in [9.17, 15) is 0 Å². The fourth-order valence-electron chi connectivity index (χ4n) is 2.96. The molecule has 0 radical (unpaired) electrons. The lowest BCUT2D eigenvalue weighted by molar-refractivity contribution is 0.0373. The molecule has 1 aliphatic heterocycles. The number of aliphatic imine (C=N–C) groups is 1. The van der Waals surface area contributed by atoms with Gasteiger partial charge in [0.05, 0.1) is 19.8 Å². The molecule has 7 nitrogen and oxygen atoms in total. The summed E-state index contributed by atoms with van der Waals surface area (Å²) >= 11 is 0. The van der Waals surface area contributed by atoms with Gasteiger partial charge in [0.2, 0.25) is 0 Å². The summed E-state index contributed by atoms with van der Waals surface area (Å²) in [4.78, 5) is 7.17. The molecule has 0 spiro atoms. The molecule has 2 N–H and O–H groups in total. The summed E-state index contributed by atoms with van der Waals surface area (Å²) in [6.45, 7) is 10.0. The molecule has 28 heavy (non-hydrogen) atoms. The Labute approximate surface area is 169 Å². The first-order valence-electron chi connectivity index (χ1n) is 10.4. The number of nitrogens with one attached hydrogen (secondary N) is 2. The second kappa shape index (κ2) is 14.2. The lowest BCUT2D eigenvalue weighted by Crippen LogP contribution is -2.36. The Morgan fingerprint density at radius 3 is 2.82 bits per heavy atom. The highest BCUT2D eigenvalue weighted by atomic mass is 16.5. The van der Waals surface area contributed by atoms with Crippen molar-refractivity contribution >= 4 is 11.6 Å². The third kappa shape index (κ3) is 9.39. The highest BCUT2D eigenvalue weighted by molar-refractivity contribution is 5.93. The minimum atomic E-state index is 0.647. The molecule has 0 aromatic heterocycles. The standard InChI is InChI=1S/C21H36N4O3/c1-3-22-21(23-10-4-5-11-25-12-16-27-17-13-25)24-19-8-6-9-20(18-19)28-15-7-14-26-2/h6,8-9,18H,3-5,7,10-17H2,1-2H3,(H2,22,23,24). The van der Waals surface area contributed by atoms with Crippen LogP contribution in [0.25, 0.3) is 0 Å². The number of hydrogen-bond donors (Lipinski definition) is 2. The monoisotopic (exact) mass is 392 g/mol. The number of rotatable bonds is 12. The molecule has 1 heterocycles. The number of hydrogen-bond acceptors (Lipinski definition) is 5. The van der Waals surface area contributed by atoms with Crippen molar-refractivity contribution in [2.45, 2.75) is 26.2 Å². The maximum atomic E-state index is 5.77. The van der Waals surface area contributed by atoms with Crippen molar-refractivity contribution in [1.82, 2.24) is 10.2 Å². The van der Waals surface area contributed by atoms with Crippen molar-refractivity contribution in [3.05, 3.63) is 24.3 Å². The van der Waals surface area contributed by atoms with Gasteiger partial charge in [-0.25, -0.2) is 0 Å². The van der Waals surface area contributed by atoms with Crippen LogP contribution in [0.15, 0.2) is 29.3 Å². The van der Waals surface area contributed by atoms with Crippen LogP contribution in [-0.2, 0) is 9.47 Å². The Bertz CT molecular complexity index is 562. The average Bonchev–Trinajstić information content (AvgIpc) is 2.72. The maximum Gasteiger partial charge on any atom is 0.195 e. The molecule has 2 rings (SSSR count). The van der Waals surface area contributed by atoms with Gasteiger partial charge in [-0.2, -0.15) is 0 Å². The average molecular weight is 393 g/mol. The van der Waals surface area contributed by atoms with Gasteiger partial charge in [0.15, 0.2) is 5.96 Å². The first kappa shape index (κ1) is 22.5. The first-order valence-corrected chi connectivity index (χ1v) is 10.4. The summed E-state index contributed by atoms with van der Waals surface area (Å²) in [5, 5.41) is 6.67. The summed E-state index contributed by atoms with van der Waals surface area (Å²) in [5.41, 5.74) is 0.970. The lowest BCUT2D eigenvalue weighted by atomic mass is 10.3. The zero-order chi connectivity index (χ0) is 19.9. The van der Waals surface area contributed by atoms with Crippen LogP contribution in [0.3, 0.4) is 0 Å². The Hall–Kier alpha value is -1.83. The summed E-state index contributed by atoms with van der Waals surface area (Å²) in [6.07, 6.45) is 3.12. The van der Waals surface area contributed by atoms with Crippen LogP contribution in [-0.4, -0.2) is 77.1 Å². The third-order valence-corrected chi connectivity index (χ3v) is 4.46. The van der Waals surface area contributed by atoms with Gasteiger partial charge in [-0.3, -0.25) is 9.89 Å². The van der Waals surface area contributed by atoms with Crippen molar-refractivity contribution in [2.75, 3.05) is 71.6 Å². The van der Waals surface area contributed by atoms with Crippen LogP contribution in [0.1, 0.15) is 26.2 Å². The van der Waals surface area contributed by atoms with Crippen LogP contribution in [0.5, 0.6) is 5.75 Å². The molecule has 1 fully saturated rings. The summed E-state index contributed by atoms with van der Waals surface area (Å²) in [6, 6.07) is 7.97. The van der Waals surface area contributed by atoms with Crippen LogP contribution in [0, 0.1) is 0 Å². The van der Waals surface area contributed by atoms with Gasteiger partial charge in [-0.15, -0.1) is 0 Å². The summed E-state index contributed by atoms with van der Waals surface area (Å²) in [7, 11) is 1.70. The second-order valence-electron chi connectivity index (χ2n) is 6.77. The molecular formula is C21H36N4O3. The number of ether oxygens (including phenoxy) is 3.